The van der Waals surface area contributed by atoms with Gasteiger partial charge >= 0.3 is 0 Å². The molecule has 0 amide bonds. The van der Waals surface area contributed by atoms with E-state index in [1.807, 2.05) is 0 Å². The third kappa shape index (κ3) is 6.04. The van der Waals surface area contributed by atoms with Gasteiger partial charge in [-0.3, -0.25) is 0 Å². The summed E-state index contributed by atoms with van der Waals surface area (Å²) in [5.74, 6) is 0. The highest BCUT2D eigenvalue weighted by atomic mass is 35.5. The molecule has 3 aromatic carbocycles. The van der Waals surface area contributed by atoms with Gasteiger partial charge in [-0.2, -0.15) is 0 Å². The van der Waals surface area contributed by atoms with Gasteiger partial charge in [0.2, 0.25) is 0 Å². The molecule has 0 bridgehead atoms. The van der Waals surface area contributed by atoms with Crippen LogP contribution >= 0.6 is 12.4 Å². The van der Waals surface area contributed by atoms with Gasteiger partial charge in [-0.05, 0) is 42.4 Å². The van der Waals surface area contributed by atoms with Gasteiger partial charge in [-0.1, -0.05) is 91.0 Å². The fraction of sp³-hybridized carbons (Fsp3) is 0.217. The van der Waals surface area contributed by atoms with Crippen LogP contribution in [0.3, 0.4) is 0 Å². The average molecular weight is 352 g/mol. The maximum Gasteiger partial charge on any atom is 0.0239 e. The Hall–Kier alpha value is -2.09. The van der Waals surface area contributed by atoms with E-state index in [1.165, 1.54) is 16.7 Å². The van der Waals surface area contributed by atoms with Crippen molar-refractivity contribution in [1.82, 2.24) is 0 Å². The number of rotatable bonds is 7. The van der Waals surface area contributed by atoms with Gasteiger partial charge in [-0.25, -0.2) is 0 Å². The minimum Gasteiger partial charge on any atom is -0.324 e. The van der Waals surface area contributed by atoms with E-state index < -0.39 is 0 Å². The van der Waals surface area contributed by atoms with Crippen LogP contribution in [0.5, 0.6) is 0 Å². The number of benzene rings is 3. The molecule has 0 saturated carbocycles. The van der Waals surface area contributed by atoms with Crippen molar-refractivity contribution >= 4 is 12.4 Å². The van der Waals surface area contributed by atoms with E-state index in [2.05, 4.69) is 91.0 Å². The van der Waals surface area contributed by atoms with Crippen LogP contribution in [0.15, 0.2) is 91.0 Å². The Bertz CT molecular complexity index is 684. The molecule has 130 valence electrons. The van der Waals surface area contributed by atoms with E-state index in [0.717, 1.165) is 25.7 Å². The molecular formula is C23H26ClN. The SMILES string of the molecule is Cl.NC(CCc1ccccc1)(Cc1ccccc1)Cc1ccccc1. The maximum atomic E-state index is 6.91. The molecule has 2 N–H and O–H groups in total. The highest BCUT2D eigenvalue weighted by Gasteiger charge is 2.25. The highest BCUT2D eigenvalue weighted by Crippen LogP contribution is 2.22. The van der Waals surface area contributed by atoms with Gasteiger partial charge < -0.3 is 5.73 Å². The Morgan fingerprint density at radius 2 is 0.920 bits per heavy atom. The Labute approximate surface area is 157 Å². The van der Waals surface area contributed by atoms with Gasteiger partial charge in [0.25, 0.3) is 0 Å². The van der Waals surface area contributed by atoms with Crippen molar-refractivity contribution in [3.8, 4) is 0 Å². The predicted molar refractivity (Wildman–Crippen MR) is 109 cm³/mol. The summed E-state index contributed by atoms with van der Waals surface area (Å²) in [4.78, 5) is 0. The zero-order chi connectivity index (χ0) is 16.7. The van der Waals surface area contributed by atoms with E-state index in [9.17, 15) is 0 Å². The summed E-state index contributed by atoms with van der Waals surface area (Å²) in [5.41, 5.74) is 10.6. The number of hydrogen-bond donors (Lipinski definition) is 1. The Kier molecular flexibility index (Phi) is 7.24. The Morgan fingerprint density at radius 1 is 0.560 bits per heavy atom. The summed E-state index contributed by atoms with van der Waals surface area (Å²) in [6.45, 7) is 0. The van der Waals surface area contributed by atoms with Crippen LogP contribution < -0.4 is 5.73 Å². The average Bonchev–Trinajstić information content (AvgIpc) is 2.63. The van der Waals surface area contributed by atoms with Crippen molar-refractivity contribution in [1.29, 1.82) is 0 Å². The minimum absolute atomic E-state index is 0. The number of aryl methyl sites for hydroxylation is 1. The molecular weight excluding hydrogens is 326 g/mol. The molecule has 0 aliphatic heterocycles. The molecule has 0 unspecified atom stereocenters. The number of hydrogen-bond acceptors (Lipinski definition) is 1. The summed E-state index contributed by atoms with van der Waals surface area (Å²) in [7, 11) is 0. The van der Waals surface area contributed by atoms with Crippen LogP contribution in [0, 0.1) is 0 Å². The predicted octanol–water partition coefficient (Wildman–Crippen LogP) is 5.22. The lowest BCUT2D eigenvalue weighted by Crippen LogP contribution is -2.44. The number of nitrogens with two attached hydrogens (primary N) is 1. The summed E-state index contributed by atoms with van der Waals surface area (Å²) in [6, 6.07) is 31.8. The van der Waals surface area contributed by atoms with E-state index >= 15 is 0 Å². The van der Waals surface area contributed by atoms with Gasteiger partial charge in [0.15, 0.2) is 0 Å². The zero-order valence-corrected chi connectivity index (χ0v) is 15.3. The zero-order valence-electron chi connectivity index (χ0n) is 14.5. The van der Waals surface area contributed by atoms with Crippen molar-refractivity contribution in [2.75, 3.05) is 0 Å². The monoisotopic (exact) mass is 351 g/mol. The van der Waals surface area contributed by atoms with Crippen LogP contribution in [0.1, 0.15) is 23.1 Å². The number of halogens is 1. The van der Waals surface area contributed by atoms with E-state index in [1.54, 1.807) is 0 Å². The summed E-state index contributed by atoms with van der Waals surface area (Å²) in [5, 5.41) is 0. The van der Waals surface area contributed by atoms with Crippen molar-refractivity contribution in [2.24, 2.45) is 5.73 Å². The van der Waals surface area contributed by atoms with Crippen LogP contribution in [-0.4, -0.2) is 5.54 Å². The standard InChI is InChI=1S/C23H25N.ClH/c24-23(18-21-12-6-2-7-13-21,19-22-14-8-3-9-15-22)17-16-20-10-4-1-5-11-20;/h1-15H,16-19,24H2;1H. The maximum absolute atomic E-state index is 6.91. The fourth-order valence-corrected chi connectivity index (χ4v) is 3.28. The molecule has 0 aliphatic carbocycles. The molecule has 25 heavy (non-hydrogen) atoms. The van der Waals surface area contributed by atoms with Gasteiger partial charge in [0.05, 0.1) is 0 Å². The molecule has 1 nitrogen and oxygen atoms in total. The molecule has 0 aromatic heterocycles. The van der Waals surface area contributed by atoms with Crippen molar-refractivity contribution in [2.45, 2.75) is 31.2 Å². The summed E-state index contributed by atoms with van der Waals surface area (Å²) >= 11 is 0. The third-order valence-electron chi connectivity index (χ3n) is 4.55. The molecule has 3 rings (SSSR count). The molecule has 0 heterocycles. The smallest absolute Gasteiger partial charge is 0.0239 e. The third-order valence-corrected chi connectivity index (χ3v) is 4.55. The molecule has 0 atom stereocenters. The lowest BCUT2D eigenvalue weighted by molar-refractivity contribution is 0.387. The lowest BCUT2D eigenvalue weighted by Gasteiger charge is -2.30. The first kappa shape index (κ1) is 19.2. The van der Waals surface area contributed by atoms with E-state index in [-0.39, 0.29) is 17.9 Å². The van der Waals surface area contributed by atoms with Crippen LogP contribution in [0.4, 0.5) is 0 Å². The van der Waals surface area contributed by atoms with Crippen LogP contribution in [-0.2, 0) is 19.3 Å². The first-order valence-corrected chi connectivity index (χ1v) is 8.64. The molecule has 0 fully saturated rings. The van der Waals surface area contributed by atoms with Gasteiger partial charge in [-0.15, -0.1) is 12.4 Å². The van der Waals surface area contributed by atoms with Gasteiger partial charge in [0.1, 0.15) is 0 Å². The lowest BCUT2D eigenvalue weighted by atomic mass is 9.81. The minimum atomic E-state index is -0.238. The molecule has 0 radical (unpaired) electrons. The molecule has 0 spiro atoms. The normalized spacial score (nSPS) is 10.9. The fourth-order valence-electron chi connectivity index (χ4n) is 3.28. The molecule has 3 aromatic rings. The second-order valence-corrected chi connectivity index (χ2v) is 6.67. The molecule has 0 saturated heterocycles. The Morgan fingerprint density at radius 3 is 1.32 bits per heavy atom. The quantitative estimate of drug-likeness (QED) is 0.620. The van der Waals surface area contributed by atoms with E-state index in [4.69, 9.17) is 5.73 Å². The topological polar surface area (TPSA) is 26.0 Å². The summed E-state index contributed by atoms with van der Waals surface area (Å²) in [6.07, 6.45) is 3.78. The first-order valence-electron chi connectivity index (χ1n) is 8.64. The highest BCUT2D eigenvalue weighted by molar-refractivity contribution is 5.85. The van der Waals surface area contributed by atoms with E-state index in [0.29, 0.717) is 0 Å². The van der Waals surface area contributed by atoms with Gasteiger partial charge in [0, 0.05) is 5.54 Å². The van der Waals surface area contributed by atoms with Crippen LogP contribution in [0.25, 0.3) is 0 Å². The summed E-state index contributed by atoms with van der Waals surface area (Å²) < 4.78 is 0. The molecule has 0 aliphatic rings. The second-order valence-electron chi connectivity index (χ2n) is 6.67. The largest absolute Gasteiger partial charge is 0.324 e. The van der Waals surface area contributed by atoms with Crippen molar-refractivity contribution in [3.63, 3.8) is 0 Å². The second kappa shape index (κ2) is 9.41. The van der Waals surface area contributed by atoms with Crippen molar-refractivity contribution < 1.29 is 0 Å². The van der Waals surface area contributed by atoms with Crippen molar-refractivity contribution in [3.05, 3.63) is 108 Å². The Balaban J connectivity index is 0.00000225. The van der Waals surface area contributed by atoms with Crippen LogP contribution in [0.2, 0.25) is 0 Å². The molecule has 2 heteroatoms. The first-order chi connectivity index (χ1) is 11.7.